The Morgan fingerprint density at radius 3 is 2.83 bits per heavy atom. The summed E-state index contributed by atoms with van der Waals surface area (Å²) in [5.41, 5.74) is 1.63. The molecular weight excluding hydrogens is 325 g/mol. The molecule has 1 amide bonds. The number of anilines is 1. The molecule has 0 radical (unpaired) electrons. The number of pyridine rings is 2. The number of halogens is 1. The third kappa shape index (κ3) is 4.17. The van der Waals surface area contributed by atoms with Crippen molar-refractivity contribution >= 4 is 23.4 Å². The van der Waals surface area contributed by atoms with Crippen LogP contribution in [-0.4, -0.2) is 15.9 Å². The molecule has 6 heteroatoms. The molecule has 1 N–H and O–H groups in total. The molecule has 0 atom stereocenters. The predicted octanol–water partition coefficient (Wildman–Crippen LogP) is 4.16. The first-order valence-electron chi connectivity index (χ1n) is 7.26. The standard InChI is InChI=1S/C18H14FN3OS/c19-16-11-20-9-7-15(16)18(23)22-14-5-3-4-13(10-14)12-24-17-6-1-2-8-21-17/h1-11H,12H2,(H,22,23). The zero-order valence-corrected chi connectivity index (χ0v) is 13.5. The van der Waals surface area contributed by atoms with Crippen LogP contribution in [-0.2, 0) is 5.75 Å². The number of hydrogen-bond donors (Lipinski definition) is 1. The van der Waals surface area contributed by atoms with Crippen molar-refractivity contribution < 1.29 is 9.18 Å². The smallest absolute Gasteiger partial charge is 0.258 e. The van der Waals surface area contributed by atoms with E-state index in [9.17, 15) is 9.18 Å². The maximum atomic E-state index is 13.6. The van der Waals surface area contributed by atoms with Crippen LogP contribution in [0.25, 0.3) is 0 Å². The summed E-state index contributed by atoms with van der Waals surface area (Å²) in [6.45, 7) is 0. The van der Waals surface area contributed by atoms with Crippen molar-refractivity contribution in [3.05, 3.63) is 84.1 Å². The SMILES string of the molecule is O=C(Nc1cccc(CSc2ccccn2)c1)c1ccncc1F. The summed E-state index contributed by atoms with van der Waals surface area (Å²) in [5, 5.41) is 3.64. The van der Waals surface area contributed by atoms with Gasteiger partial charge in [0.1, 0.15) is 0 Å². The van der Waals surface area contributed by atoms with Gasteiger partial charge in [0.05, 0.1) is 16.8 Å². The van der Waals surface area contributed by atoms with Gasteiger partial charge in [0.25, 0.3) is 5.91 Å². The first kappa shape index (κ1) is 16.1. The lowest BCUT2D eigenvalue weighted by atomic mass is 10.2. The number of amides is 1. The molecule has 1 aromatic carbocycles. The Balaban J connectivity index is 1.67. The summed E-state index contributed by atoms with van der Waals surface area (Å²) in [4.78, 5) is 20.0. The zero-order valence-electron chi connectivity index (χ0n) is 12.6. The van der Waals surface area contributed by atoms with Gasteiger partial charge in [0.2, 0.25) is 0 Å². The van der Waals surface area contributed by atoms with Gasteiger partial charge in [0.15, 0.2) is 5.82 Å². The van der Waals surface area contributed by atoms with Crippen LogP contribution < -0.4 is 5.32 Å². The number of nitrogens with one attached hydrogen (secondary N) is 1. The summed E-state index contributed by atoms with van der Waals surface area (Å²) < 4.78 is 13.6. The van der Waals surface area contributed by atoms with Crippen LogP contribution >= 0.6 is 11.8 Å². The van der Waals surface area contributed by atoms with Gasteiger partial charge in [-0.25, -0.2) is 9.37 Å². The molecule has 0 bridgehead atoms. The Bertz CT molecular complexity index is 842. The molecule has 24 heavy (non-hydrogen) atoms. The molecule has 2 heterocycles. The summed E-state index contributed by atoms with van der Waals surface area (Å²) in [6.07, 6.45) is 4.16. The van der Waals surface area contributed by atoms with E-state index in [0.29, 0.717) is 5.69 Å². The van der Waals surface area contributed by atoms with Crippen LogP contribution in [0, 0.1) is 5.82 Å². The Morgan fingerprint density at radius 1 is 1.12 bits per heavy atom. The normalized spacial score (nSPS) is 10.4. The maximum Gasteiger partial charge on any atom is 0.258 e. The van der Waals surface area contributed by atoms with E-state index in [-0.39, 0.29) is 5.56 Å². The minimum Gasteiger partial charge on any atom is -0.322 e. The van der Waals surface area contributed by atoms with E-state index in [1.54, 1.807) is 24.0 Å². The van der Waals surface area contributed by atoms with Crippen LogP contribution in [0.15, 0.2) is 72.1 Å². The minimum atomic E-state index is -0.642. The van der Waals surface area contributed by atoms with Crippen LogP contribution in [0.5, 0.6) is 0 Å². The molecule has 3 aromatic rings. The predicted molar refractivity (Wildman–Crippen MR) is 92.4 cm³/mol. The fourth-order valence-electron chi connectivity index (χ4n) is 2.09. The van der Waals surface area contributed by atoms with Crippen molar-refractivity contribution in [1.82, 2.24) is 9.97 Å². The summed E-state index contributed by atoms with van der Waals surface area (Å²) in [5.74, 6) is -0.411. The molecule has 2 aromatic heterocycles. The van der Waals surface area contributed by atoms with Gasteiger partial charge >= 0.3 is 0 Å². The molecule has 0 aliphatic carbocycles. The number of hydrogen-bond acceptors (Lipinski definition) is 4. The Labute approximate surface area is 143 Å². The van der Waals surface area contributed by atoms with E-state index in [4.69, 9.17) is 0 Å². The molecule has 0 unspecified atom stereocenters. The highest BCUT2D eigenvalue weighted by Gasteiger charge is 2.11. The van der Waals surface area contributed by atoms with Gasteiger partial charge in [0, 0.05) is 23.8 Å². The average molecular weight is 339 g/mol. The van der Waals surface area contributed by atoms with Gasteiger partial charge in [-0.2, -0.15) is 0 Å². The Morgan fingerprint density at radius 2 is 2.04 bits per heavy atom. The molecule has 0 aliphatic rings. The highest BCUT2D eigenvalue weighted by Crippen LogP contribution is 2.22. The molecule has 0 saturated heterocycles. The largest absolute Gasteiger partial charge is 0.322 e. The van der Waals surface area contributed by atoms with Gasteiger partial charge in [-0.15, -0.1) is 11.8 Å². The van der Waals surface area contributed by atoms with E-state index in [2.05, 4.69) is 15.3 Å². The van der Waals surface area contributed by atoms with Crippen molar-refractivity contribution in [3.63, 3.8) is 0 Å². The topological polar surface area (TPSA) is 54.9 Å². The maximum absolute atomic E-state index is 13.6. The van der Waals surface area contributed by atoms with E-state index >= 15 is 0 Å². The highest BCUT2D eigenvalue weighted by molar-refractivity contribution is 7.98. The van der Waals surface area contributed by atoms with Crippen LogP contribution in [0.4, 0.5) is 10.1 Å². The number of carbonyl (C=O) groups is 1. The van der Waals surface area contributed by atoms with Crippen molar-refractivity contribution in [2.75, 3.05) is 5.32 Å². The fourth-order valence-corrected chi connectivity index (χ4v) is 2.89. The second kappa shape index (κ2) is 7.70. The molecule has 120 valence electrons. The van der Waals surface area contributed by atoms with E-state index < -0.39 is 11.7 Å². The second-order valence-corrected chi connectivity index (χ2v) is 5.96. The molecule has 0 fully saturated rings. The minimum absolute atomic E-state index is 0.0294. The molecule has 3 rings (SSSR count). The van der Waals surface area contributed by atoms with Crippen LogP contribution in [0.3, 0.4) is 0 Å². The van der Waals surface area contributed by atoms with Crippen molar-refractivity contribution in [2.45, 2.75) is 10.8 Å². The lowest BCUT2D eigenvalue weighted by Crippen LogP contribution is -2.14. The molecule has 4 nitrogen and oxygen atoms in total. The summed E-state index contributed by atoms with van der Waals surface area (Å²) in [7, 11) is 0. The molecule has 0 spiro atoms. The number of aromatic nitrogens is 2. The summed E-state index contributed by atoms with van der Waals surface area (Å²) >= 11 is 1.61. The number of rotatable bonds is 5. The lowest BCUT2D eigenvalue weighted by molar-refractivity contribution is 0.102. The van der Waals surface area contributed by atoms with Gasteiger partial charge in [-0.1, -0.05) is 18.2 Å². The second-order valence-electron chi connectivity index (χ2n) is 4.97. The first-order chi connectivity index (χ1) is 11.7. The Kier molecular flexibility index (Phi) is 5.18. The monoisotopic (exact) mass is 339 g/mol. The number of carbonyl (C=O) groups excluding carboxylic acids is 1. The van der Waals surface area contributed by atoms with Gasteiger partial charge in [-0.05, 0) is 35.9 Å². The summed E-state index contributed by atoms with van der Waals surface area (Å²) in [6, 6.07) is 14.6. The molecular formula is C18H14FN3OS. The number of benzene rings is 1. The van der Waals surface area contributed by atoms with Crippen molar-refractivity contribution in [3.8, 4) is 0 Å². The highest BCUT2D eigenvalue weighted by atomic mass is 32.2. The quantitative estimate of drug-likeness (QED) is 0.709. The first-order valence-corrected chi connectivity index (χ1v) is 8.24. The number of thioether (sulfide) groups is 1. The van der Waals surface area contributed by atoms with Gasteiger partial charge < -0.3 is 5.32 Å². The fraction of sp³-hybridized carbons (Fsp3) is 0.0556. The average Bonchev–Trinajstić information content (AvgIpc) is 2.61. The van der Waals surface area contributed by atoms with E-state index in [1.807, 2.05) is 36.4 Å². The van der Waals surface area contributed by atoms with Gasteiger partial charge in [-0.3, -0.25) is 9.78 Å². The lowest BCUT2D eigenvalue weighted by Gasteiger charge is -2.08. The van der Waals surface area contributed by atoms with Crippen LogP contribution in [0.1, 0.15) is 15.9 Å². The van der Waals surface area contributed by atoms with Crippen molar-refractivity contribution in [2.24, 2.45) is 0 Å². The van der Waals surface area contributed by atoms with Crippen LogP contribution in [0.2, 0.25) is 0 Å². The number of nitrogens with zero attached hydrogens (tertiary/aromatic N) is 2. The van der Waals surface area contributed by atoms with E-state index in [1.165, 1.54) is 12.3 Å². The van der Waals surface area contributed by atoms with E-state index in [0.717, 1.165) is 22.5 Å². The Hall–Kier alpha value is -2.73. The third-order valence-corrected chi connectivity index (χ3v) is 4.24. The van der Waals surface area contributed by atoms with Crippen molar-refractivity contribution in [1.29, 1.82) is 0 Å². The zero-order chi connectivity index (χ0) is 16.8. The third-order valence-electron chi connectivity index (χ3n) is 3.23. The molecule has 0 aliphatic heterocycles. The molecule has 0 saturated carbocycles.